The van der Waals surface area contributed by atoms with E-state index in [0.717, 1.165) is 4.90 Å². The molecule has 2 aliphatic heterocycles. The molecule has 0 aromatic heterocycles. The minimum absolute atomic E-state index is 0.347. The Morgan fingerprint density at radius 3 is 2.42 bits per heavy atom. The number of fused-ring (bicyclic) bond motifs is 2. The van der Waals surface area contributed by atoms with E-state index in [4.69, 9.17) is 11.6 Å². The van der Waals surface area contributed by atoms with Crippen LogP contribution in [0, 0.1) is 0 Å². The van der Waals surface area contributed by atoms with Crippen LogP contribution in [0.1, 0.15) is 32.3 Å². The van der Waals surface area contributed by atoms with E-state index in [-0.39, 0.29) is 0 Å². The molecule has 3 nitrogen and oxygen atoms in total. The van der Waals surface area contributed by atoms with E-state index >= 15 is 0 Å². The van der Waals surface area contributed by atoms with Gasteiger partial charge in [0.1, 0.15) is 6.54 Å². The SMILES string of the molecule is CC(C)N1CCC2(CC1)C(=O)N(CC(F)(F)F)c1ccc(Cl)cc12. The predicted molar refractivity (Wildman–Crippen MR) is 87.5 cm³/mol. The van der Waals surface area contributed by atoms with E-state index in [9.17, 15) is 18.0 Å². The molecule has 24 heavy (non-hydrogen) atoms. The monoisotopic (exact) mass is 360 g/mol. The second-order valence-electron chi connectivity index (χ2n) is 6.88. The van der Waals surface area contributed by atoms with Gasteiger partial charge in [-0.3, -0.25) is 4.79 Å². The number of anilines is 1. The summed E-state index contributed by atoms with van der Waals surface area (Å²) in [5.41, 5.74) is 0.115. The molecule has 0 N–H and O–H groups in total. The average molecular weight is 361 g/mol. The summed E-state index contributed by atoms with van der Waals surface area (Å²) in [6.07, 6.45) is -3.39. The second-order valence-corrected chi connectivity index (χ2v) is 7.32. The molecule has 3 rings (SSSR count). The first kappa shape index (κ1) is 17.5. The van der Waals surface area contributed by atoms with Gasteiger partial charge in [0.15, 0.2) is 0 Å². The molecule has 1 aromatic rings. The van der Waals surface area contributed by atoms with Crippen LogP contribution in [0.5, 0.6) is 0 Å². The van der Waals surface area contributed by atoms with Crippen molar-refractivity contribution in [3.05, 3.63) is 28.8 Å². The van der Waals surface area contributed by atoms with Gasteiger partial charge in [0.25, 0.3) is 0 Å². The maximum absolute atomic E-state index is 13.0. The lowest BCUT2D eigenvalue weighted by atomic mass is 9.73. The van der Waals surface area contributed by atoms with Gasteiger partial charge >= 0.3 is 6.18 Å². The zero-order chi connectivity index (χ0) is 17.7. The Morgan fingerprint density at radius 2 is 1.88 bits per heavy atom. The van der Waals surface area contributed by atoms with Crippen LogP contribution in [0.3, 0.4) is 0 Å². The normalized spacial score (nSPS) is 21.0. The van der Waals surface area contributed by atoms with Crippen molar-refractivity contribution in [2.45, 2.75) is 44.3 Å². The van der Waals surface area contributed by atoms with Crippen LogP contribution in [0.4, 0.5) is 18.9 Å². The molecule has 1 amide bonds. The van der Waals surface area contributed by atoms with Crippen molar-refractivity contribution >= 4 is 23.2 Å². The molecule has 0 saturated carbocycles. The Labute approximate surface area is 144 Å². The number of rotatable bonds is 2. The zero-order valence-electron chi connectivity index (χ0n) is 13.7. The molecule has 7 heteroatoms. The first-order chi connectivity index (χ1) is 11.1. The van der Waals surface area contributed by atoms with E-state index in [0.29, 0.717) is 48.2 Å². The van der Waals surface area contributed by atoms with Crippen LogP contribution in [-0.4, -0.2) is 42.7 Å². The highest BCUT2D eigenvalue weighted by Crippen LogP contribution is 2.49. The molecule has 1 aromatic carbocycles. The molecule has 1 spiro atoms. The van der Waals surface area contributed by atoms with E-state index in [1.807, 2.05) is 0 Å². The maximum Gasteiger partial charge on any atom is 0.406 e. The third kappa shape index (κ3) is 2.90. The predicted octanol–water partition coefficient (Wildman–Crippen LogP) is 3.99. The van der Waals surface area contributed by atoms with Gasteiger partial charge in [-0.15, -0.1) is 0 Å². The quantitative estimate of drug-likeness (QED) is 0.796. The number of alkyl halides is 3. The second kappa shape index (κ2) is 5.92. The fraction of sp³-hybridized carbons (Fsp3) is 0.588. The number of nitrogens with zero attached hydrogens (tertiary/aromatic N) is 2. The van der Waals surface area contributed by atoms with E-state index < -0.39 is 24.0 Å². The van der Waals surface area contributed by atoms with Gasteiger partial charge in [-0.25, -0.2) is 0 Å². The number of carbonyl (C=O) groups excluding carboxylic acids is 1. The fourth-order valence-corrected chi connectivity index (χ4v) is 4.02. The largest absolute Gasteiger partial charge is 0.406 e. The maximum atomic E-state index is 13.0. The lowest BCUT2D eigenvalue weighted by Gasteiger charge is -2.40. The van der Waals surface area contributed by atoms with Crippen LogP contribution < -0.4 is 4.90 Å². The molecule has 0 unspecified atom stereocenters. The van der Waals surface area contributed by atoms with Gasteiger partial charge < -0.3 is 9.80 Å². The lowest BCUT2D eigenvalue weighted by molar-refractivity contribution is -0.135. The van der Waals surface area contributed by atoms with Crippen molar-refractivity contribution in [2.75, 3.05) is 24.5 Å². The Bertz CT molecular complexity index is 652. The molecule has 0 radical (unpaired) electrons. The number of piperidine rings is 1. The molecule has 1 saturated heterocycles. The number of amides is 1. The molecular formula is C17H20ClF3N2O. The summed E-state index contributed by atoms with van der Waals surface area (Å²) in [6.45, 7) is 4.28. The van der Waals surface area contributed by atoms with Crippen LogP contribution in [0.25, 0.3) is 0 Å². The highest BCUT2D eigenvalue weighted by atomic mass is 35.5. The average Bonchev–Trinajstić information content (AvgIpc) is 2.69. The van der Waals surface area contributed by atoms with Gasteiger partial charge in [0, 0.05) is 16.8 Å². The van der Waals surface area contributed by atoms with Crippen molar-refractivity contribution in [2.24, 2.45) is 0 Å². The number of hydrogen-bond acceptors (Lipinski definition) is 2. The van der Waals surface area contributed by atoms with Crippen molar-refractivity contribution < 1.29 is 18.0 Å². The number of halogens is 4. The molecule has 2 heterocycles. The Morgan fingerprint density at radius 1 is 1.25 bits per heavy atom. The van der Waals surface area contributed by atoms with Crippen molar-refractivity contribution in [1.82, 2.24) is 4.90 Å². The molecule has 132 valence electrons. The summed E-state index contributed by atoms with van der Waals surface area (Å²) in [4.78, 5) is 16.1. The van der Waals surface area contributed by atoms with E-state index in [2.05, 4.69) is 18.7 Å². The number of carbonyl (C=O) groups is 1. The number of benzene rings is 1. The van der Waals surface area contributed by atoms with Gasteiger partial charge in [-0.1, -0.05) is 11.6 Å². The van der Waals surface area contributed by atoms with Gasteiger partial charge in [-0.2, -0.15) is 13.2 Å². The molecule has 2 aliphatic rings. The highest BCUT2D eigenvalue weighted by Gasteiger charge is 2.54. The van der Waals surface area contributed by atoms with Gasteiger partial charge in [0.05, 0.1) is 5.41 Å². The Kier molecular flexibility index (Phi) is 4.33. The van der Waals surface area contributed by atoms with E-state index in [1.165, 1.54) is 6.07 Å². The molecule has 0 bridgehead atoms. The smallest absolute Gasteiger partial charge is 0.302 e. The van der Waals surface area contributed by atoms with Gasteiger partial charge in [0.2, 0.25) is 5.91 Å². The summed E-state index contributed by atoms with van der Waals surface area (Å²) in [6, 6.07) is 5.09. The first-order valence-corrected chi connectivity index (χ1v) is 8.45. The molecule has 0 aliphatic carbocycles. The van der Waals surface area contributed by atoms with Crippen LogP contribution in [0.15, 0.2) is 18.2 Å². The molecular weight excluding hydrogens is 341 g/mol. The van der Waals surface area contributed by atoms with Crippen molar-refractivity contribution in [3.63, 3.8) is 0 Å². The fourth-order valence-electron chi connectivity index (χ4n) is 3.85. The summed E-state index contributed by atoms with van der Waals surface area (Å²) >= 11 is 6.07. The summed E-state index contributed by atoms with van der Waals surface area (Å²) in [5.74, 6) is -0.444. The number of hydrogen-bond donors (Lipinski definition) is 0. The van der Waals surface area contributed by atoms with Crippen molar-refractivity contribution in [1.29, 1.82) is 0 Å². The minimum Gasteiger partial charge on any atom is -0.302 e. The van der Waals surface area contributed by atoms with Crippen LogP contribution >= 0.6 is 11.6 Å². The zero-order valence-corrected chi connectivity index (χ0v) is 14.4. The van der Waals surface area contributed by atoms with Crippen LogP contribution in [-0.2, 0) is 10.2 Å². The third-order valence-electron chi connectivity index (χ3n) is 5.14. The summed E-state index contributed by atoms with van der Waals surface area (Å²) < 4.78 is 38.8. The van der Waals surface area contributed by atoms with E-state index in [1.54, 1.807) is 12.1 Å². The topological polar surface area (TPSA) is 23.6 Å². The lowest BCUT2D eigenvalue weighted by Crippen LogP contribution is -2.51. The third-order valence-corrected chi connectivity index (χ3v) is 5.37. The Balaban J connectivity index is 2.00. The summed E-state index contributed by atoms with van der Waals surface area (Å²) in [7, 11) is 0. The molecule has 0 atom stereocenters. The first-order valence-electron chi connectivity index (χ1n) is 8.07. The minimum atomic E-state index is -4.43. The summed E-state index contributed by atoms with van der Waals surface area (Å²) in [5, 5.41) is 0.445. The highest BCUT2D eigenvalue weighted by molar-refractivity contribution is 6.31. The number of likely N-dealkylation sites (tertiary alicyclic amines) is 1. The van der Waals surface area contributed by atoms with Gasteiger partial charge in [-0.05, 0) is 63.5 Å². The van der Waals surface area contributed by atoms with Crippen molar-refractivity contribution in [3.8, 4) is 0 Å². The Hall–Kier alpha value is -1.27. The molecule has 1 fully saturated rings. The standard InChI is InChI=1S/C17H20ClF3N2O/c1-11(2)22-7-5-16(6-8-22)13-9-12(18)3-4-14(13)23(15(16)24)10-17(19,20)21/h3-4,9,11H,5-8,10H2,1-2H3. The van der Waals surface area contributed by atoms with Crippen LogP contribution in [0.2, 0.25) is 5.02 Å².